The number of rotatable bonds is 2. The number of likely N-dealkylation sites (tertiary alicyclic amines) is 1. The van der Waals surface area contributed by atoms with Crippen LogP contribution in [-0.4, -0.2) is 46.3 Å². The van der Waals surface area contributed by atoms with Crippen LogP contribution in [0.2, 0.25) is 0 Å². The van der Waals surface area contributed by atoms with Crippen molar-refractivity contribution in [3.63, 3.8) is 0 Å². The molecule has 0 spiro atoms. The van der Waals surface area contributed by atoms with Crippen LogP contribution < -0.4 is 4.90 Å². The van der Waals surface area contributed by atoms with E-state index in [1.165, 1.54) is 0 Å². The Balaban J connectivity index is 1.82. The largest absolute Gasteiger partial charge is 0.465 e. The highest BCUT2D eigenvalue weighted by atomic mass is 16.4. The predicted molar refractivity (Wildman–Crippen MR) is 91.5 cm³/mol. The van der Waals surface area contributed by atoms with Gasteiger partial charge >= 0.3 is 6.09 Å². The second kappa shape index (κ2) is 5.55. The number of aromatic nitrogens is 1. The Kier molecular flexibility index (Phi) is 3.82. The average molecular weight is 315 g/mol. The molecule has 0 bridgehead atoms. The molecule has 2 saturated heterocycles. The molecule has 1 unspecified atom stereocenters. The SMILES string of the molecule is C=Cc1cncc(N2C[C@H]3CC(C(C)(C)C)N(C(=O)O)[C@H]3C2)c1. The van der Waals surface area contributed by atoms with E-state index in [0.717, 1.165) is 30.8 Å². The zero-order chi connectivity index (χ0) is 16.8. The quantitative estimate of drug-likeness (QED) is 0.909. The summed E-state index contributed by atoms with van der Waals surface area (Å²) in [6, 6.07) is 2.23. The van der Waals surface area contributed by atoms with Gasteiger partial charge in [0.25, 0.3) is 0 Å². The smallest absolute Gasteiger partial charge is 0.407 e. The van der Waals surface area contributed by atoms with Crippen molar-refractivity contribution >= 4 is 17.9 Å². The predicted octanol–water partition coefficient (Wildman–Crippen LogP) is 3.33. The Morgan fingerprint density at radius 3 is 2.74 bits per heavy atom. The number of hydrogen-bond donors (Lipinski definition) is 1. The first-order valence-corrected chi connectivity index (χ1v) is 8.15. The summed E-state index contributed by atoms with van der Waals surface area (Å²) in [6.07, 6.45) is 5.56. The molecular weight excluding hydrogens is 290 g/mol. The molecule has 0 aromatic carbocycles. The lowest BCUT2D eigenvalue weighted by Gasteiger charge is -2.36. The van der Waals surface area contributed by atoms with E-state index in [9.17, 15) is 9.90 Å². The van der Waals surface area contributed by atoms with Crippen molar-refractivity contribution < 1.29 is 9.90 Å². The van der Waals surface area contributed by atoms with Gasteiger partial charge in [-0.1, -0.05) is 33.4 Å². The summed E-state index contributed by atoms with van der Waals surface area (Å²) >= 11 is 0. The van der Waals surface area contributed by atoms with Crippen LogP contribution >= 0.6 is 0 Å². The first kappa shape index (κ1) is 15.8. The molecule has 124 valence electrons. The van der Waals surface area contributed by atoms with Gasteiger partial charge in [0.15, 0.2) is 0 Å². The lowest BCUT2D eigenvalue weighted by atomic mass is 9.84. The zero-order valence-corrected chi connectivity index (χ0v) is 14.1. The number of fused-ring (bicyclic) bond motifs is 1. The molecule has 0 saturated carbocycles. The minimum absolute atomic E-state index is 0.0299. The van der Waals surface area contributed by atoms with Crippen LogP contribution in [0.3, 0.4) is 0 Å². The van der Waals surface area contributed by atoms with Crippen molar-refractivity contribution in [1.29, 1.82) is 0 Å². The zero-order valence-electron chi connectivity index (χ0n) is 14.1. The molecule has 2 aliphatic rings. The molecule has 2 aliphatic heterocycles. The van der Waals surface area contributed by atoms with E-state index >= 15 is 0 Å². The Morgan fingerprint density at radius 2 is 2.13 bits per heavy atom. The Labute approximate surface area is 137 Å². The molecule has 1 aromatic heterocycles. The number of carbonyl (C=O) groups is 1. The molecule has 0 aliphatic carbocycles. The molecule has 3 atom stereocenters. The van der Waals surface area contributed by atoms with Crippen LogP contribution in [0.15, 0.2) is 25.0 Å². The molecule has 3 heterocycles. The van der Waals surface area contributed by atoms with E-state index in [-0.39, 0.29) is 17.5 Å². The summed E-state index contributed by atoms with van der Waals surface area (Å²) < 4.78 is 0. The highest BCUT2D eigenvalue weighted by Gasteiger charge is 2.51. The maximum atomic E-state index is 11.8. The molecular formula is C18H25N3O2. The fourth-order valence-corrected chi connectivity index (χ4v) is 4.02. The number of carboxylic acid groups (broad SMARTS) is 1. The summed E-state index contributed by atoms with van der Waals surface area (Å²) in [6.45, 7) is 11.8. The van der Waals surface area contributed by atoms with Crippen molar-refractivity contribution in [3.05, 3.63) is 30.6 Å². The van der Waals surface area contributed by atoms with E-state index < -0.39 is 6.09 Å². The molecule has 2 fully saturated rings. The van der Waals surface area contributed by atoms with Gasteiger partial charge in [-0.3, -0.25) is 9.88 Å². The minimum atomic E-state index is -0.794. The van der Waals surface area contributed by atoms with E-state index in [0.29, 0.717) is 5.92 Å². The van der Waals surface area contributed by atoms with Gasteiger partial charge in [-0.2, -0.15) is 0 Å². The Bertz CT molecular complexity index is 623. The lowest BCUT2D eigenvalue weighted by molar-refractivity contribution is 0.0889. The fraction of sp³-hybridized carbons (Fsp3) is 0.556. The second-order valence-electron chi connectivity index (χ2n) is 7.72. The third kappa shape index (κ3) is 2.80. The number of amides is 1. The number of anilines is 1. The van der Waals surface area contributed by atoms with Crippen LogP contribution in [0.5, 0.6) is 0 Å². The molecule has 5 nitrogen and oxygen atoms in total. The fourth-order valence-electron chi connectivity index (χ4n) is 4.02. The van der Waals surface area contributed by atoms with Crippen LogP contribution in [0, 0.1) is 11.3 Å². The van der Waals surface area contributed by atoms with Crippen LogP contribution in [0.1, 0.15) is 32.8 Å². The van der Waals surface area contributed by atoms with Crippen molar-refractivity contribution in [2.45, 2.75) is 39.3 Å². The van der Waals surface area contributed by atoms with E-state index in [2.05, 4.69) is 43.3 Å². The topological polar surface area (TPSA) is 56.7 Å². The number of pyridine rings is 1. The molecule has 1 amide bonds. The van der Waals surface area contributed by atoms with E-state index in [1.54, 1.807) is 17.2 Å². The highest BCUT2D eigenvalue weighted by molar-refractivity contribution is 5.67. The van der Waals surface area contributed by atoms with Crippen molar-refractivity contribution in [2.75, 3.05) is 18.0 Å². The van der Waals surface area contributed by atoms with Gasteiger partial charge in [-0.05, 0) is 23.5 Å². The van der Waals surface area contributed by atoms with Gasteiger partial charge < -0.3 is 10.0 Å². The van der Waals surface area contributed by atoms with Crippen LogP contribution in [0.4, 0.5) is 10.5 Å². The third-order valence-corrected chi connectivity index (χ3v) is 5.19. The Hall–Kier alpha value is -2.04. The number of hydrogen-bond acceptors (Lipinski definition) is 3. The lowest BCUT2D eigenvalue weighted by Crippen LogP contribution is -2.48. The molecule has 3 rings (SSSR count). The average Bonchev–Trinajstić information content (AvgIpc) is 3.03. The summed E-state index contributed by atoms with van der Waals surface area (Å²) in [4.78, 5) is 20.0. The molecule has 1 N–H and O–H groups in total. The van der Waals surface area contributed by atoms with Gasteiger partial charge in [0, 0.05) is 31.2 Å². The molecule has 5 heteroatoms. The van der Waals surface area contributed by atoms with E-state index in [4.69, 9.17) is 0 Å². The first-order valence-electron chi connectivity index (χ1n) is 8.15. The number of nitrogens with zero attached hydrogens (tertiary/aromatic N) is 3. The minimum Gasteiger partial charge on any atom is -0.465 e. The van der Waals surface area contributed by atoms with Gasteiger partial charge in [0.05, 0.1) is 17.9 Å². The van der Waals surface area contributed by atoms with Crippen molar-refractivity contribution in [2.24, 2.45) is 11.3 Å². The summed E-state index contributed by atoms with van der Waals surface area (Å²) in [5.41, 5.74) is 2.01. The summed E-state index contributed by atoms with van der Waals surface area (Å²) in [5, 5.41) is 9.71. The summed E-state index contributed by atoms with van der Waals surface area (Å²) in [7, 11) is 0. The normalized spacial score (nSPS) is 27.2. The first-order chi connectivity index (χ1) is 10.8. The van der Waals surface area contributed by atoms with Crippen LogP contribution in [-0.2, 0) is 0 Å². The maximum absolute atomic E-state index is 11.8. The van der Waals surface area contributed by atoms with Gasteiger partial charge in [-0.25, -0.2) is 4.79 Å². The molecule has 23 heavy (non-hydrogen) atoms. The van der Waals surface area contributed by atoms with E-state index in [1.807, 2.05) is 6.20 Å². The van der Waals surface area contributed by atoms with Gasteiger partial charge in [0.2, 0.25) is 0 Å². The van der Waals surface area contributed by atoms with Crippen LogP contribution in [0.25, 0.3) is 6.08 Å². The Morgan fingerprint density at radius 1 is 1.39 bits per heavy atom. The third-order valence-electron chi connectivity index (χ3n) is 5.19. The van der Waals surface area contributed by atoms with Gasteiger partial charge in [-0.15, -0.1) is 0 Å². The monoisotopic (exact) mass is 315 g/mol. The maximum Gasteiger partial charge on any atom is 0.407 e. The molecule has 0 radical (unpaired) electrons. The standard InChI is InChI=1S/C18H25N3O2/c1-5-12-6-14(9-19-8-12)20-10-13-7-16(18(2,3)4)21(17(22)23)15(13)11-20/h5-6,8-9,13,15-16H,1,7,10-11H2,2-4H3,(H,22,23)/t13-,15+,16?/m1/s1. The van der Waals surface area contributed by atoms with Crippen molar-refractivity contribution in [3.8, 4) is 0 Å². The summed E-state index contributed by atoms with van der Waals surface area (Å²) in [5.74, 6) is 0.391. The second-order valence-corrected chi connectivity index (χ2v) is 7.72. The van der Waals surface area contributed by atoms with Crippen molar-refractivity contribution in [1.82, 2.24) is 9.88 Å². The van der Waals surface area contributed by atoms with Gasteiger partial charge in [0.1, 0.15) is 0 Å². The molecule has 1 aromatic rings. The highest BCUT2D eigenvalue weighted by Crippen LogP contribution is 2.43.